The van der Waals surface area contributed by atoms with Gasteiger partial charge in [-0.2, -0.15) is 5.10 Å². The maximum absolute atomic E-state index is 13.7. The lowest BCUT2D eigenvalue weighted by Crippen LogP contribution is -2.26. The molecule has 71 heavy (non-hydrogen) atoms. The summed E-state index contributed by atoms with van der Waals surface area (Å²) in [4.78, 5) is 46.0. The average molecular weight is 945 g/mol. The average Bonchev–Trinajstić information content (AvgIpc) is 4.29. The number of carbonyl (C=O) groups excluding carboxylic acids is 2. The zero-order chi connectivity index (χ0) is 48.9. The predicted molar refractivity (Wildman–Crippen MR) is 272 cm³/mol. The van der Waals surface area contributed by atoms with Gasteiger partial charge in [-0.15, -0.1) is 0 Å². The summed E-state index contributed by atoms with van der Waals surface area (Å²) in [6, 6.07) is 40.2. The van der Waals surface area contributed by atoms with Crippen LogP contribution in [0.1, 0.15) is 61.2 Å². The third-order valence-electron chi connectivity index (χ3n) is 13.7. The lowest BCUT2D eigenvalue weighted by atomic mass is 9.79. The van der Waals surface area contributed by atoms with Crippen LogP contribution >= 0.6 is 0 Å². The first-order chi connectivity index (χ1) is 34.7. The smallest absolute Gasteiger partial charge is 0.359 e. The lowest BCUT2D eigenvalue weighted by molar-refractivity contribution is 0.0551. The van der Waals surface area contributed by atoms with Gasteiger partial charge >= 0.3 is 11.9 Å². The highest BCUT2D eigenvalue weighted by molar-refractivity contribution is 6.03. The van der Waals surface area contributed by atoms with E-state index in [1.807, 2.05) is 97.1 Å². The van der Waals surface area contributed by atoms with Gasteiger partial charge < -0.3 is 38.4 Å². The Kier molecular flexibility index (Phi) is 11.4. The summed E-state index contributed by atoms with van der Waals surface area (Å²) in [5.41, 5.74) is 14.0. The van der Waals surface area contributed by atoms with Crippen LogP contribution in [0, 0.1) is 0 Å². The van der Waals surface area contributed by atoms with Gasteiger partial charge in [-0.05, 0) is 114 Å². The van der Waals surface area contributed by atoms with Crippen LogP contribution in [0.4, 0.5) is 0 Å². The number of hydrogen-bond donors (Lipinski definition) is 2. The van der Waals surface area contributed by atoms with E-state index in [0.29, 0.717) is 23.6 Å². The van der Waals surface area contributed by atoms with Crippen LogP contribution in [-0.2, 0) is 22.4 Å². The van der Waals surface area contributed by atoms with Gasteiger partial charge in [0.2, 0.25) is 0 Å². The third-order valence-corrected chi connectivity index (χ3v) is 13.7. The Labute approximate surface area is 408 Å². The predicted octanol–water partition coefficient (Wildman–Crippen LogP) is 11.1. The summed E-state index contributed by atoms with van der Waals surface area (Å²) in [7, 11) is 9.17. The van der Waals surface area contributed by atoms with E-state index >= 15 is 0 Å². The molecule has 8 bridgehead atoms. The number of H-pyrrole nitrogens is 2. The van der Waals surface area contributed by atoms with Crippen molar-refractivity contribution in [1.82, 2.24) is 29.7 Å². The first kappa shape index (κ1) is 44.6. The Morgan fingerprint density at radius 3 is 1.25 bits per heavy atom. The number of esters is 2. The number of hydrogen-bond acceptors (Lipinski definition) is 11. The van der Waals surface area contributed by atoms with Gasteiger partial charge in [-0.1, -0.05) is 48.5 Å². The van der Waals surface area contributed by atoms with Crippen LogP contribution < -0.4 is 18.9 Å². The SMILES string of the molecule is COC(=O)c1nn2c(c1C(=O)OC)CC1c3nc(c(-c4ccc(OC)cc4)c4ccc([nH]4)c(-c4ccc(OC)cc4)c4nc(c(-c5ccc(OC)cc5)c5ccc([nH]5)c3-c3ccc(OC)cc3)C=C4)C1C2. The van der Waals surface area contributed by atoms with Crippen molar-refractivity contribution in [1.29, 1.82) is 0 Å². The number of aromatic nitrogens is 6. The third kappa shape index (κ3) is 7.73. The Balaban J connectivity index is 1.32. The first-order valence-electron chi connectivity index (χ1n) is 23.0. The first-order valence-corrected chi connectivity index (χ1v) is 23.0. The van der Waals surface area contributed by atoms with Gasteiger partial charge in [-0.3, -0.25) is 9.67 Å². The number of methoxy groups -OCH3 is 6. The zero-order valence-corrected chi connectivity index (χ0v) is 39.8. The van der Waals surface area contributed by atoms with Crippen molar-refractivity contribution < 1.29 is 38.0 Å². The van der Waals surface area contributed by atoms with Crippen molar-refractivity contribution >= 4 is 46.2 Å². The number of nitrogens with one attached hydrogen (secondary N) is 2. The number of nitrogens with zero attached hydrogens (tertiary/aromatic N) is 4. The highest BCUT2D eigenvalue weighted by Crippen LogP contribution is 2.51. The maximum Gasteiger partial charge on any atom is 0.359 e. The second-order valence-corrected chi connectivity index (χ2v) is 17.3. The number of ether oxygens (including phenoxy) is 6. The highest BCUT2D eigenvalue weighted by Gasteiger charge is 2.44. The van der Waals surface area contributed by atoms with E-state index in [0.717, 1.165) is 101 Å². The molecule has 2 atom stereocenters. The van der Waals surface area contributed by atoms with Crippen LogP contribution in [-0.4, -0.2) is 84.3 Å². The molecule has 7 heterocycles. The number of aromatic amines is 2. The van der Waals surface area contributed by atoms with E-state index in [9.17, 15) is 9.59 Å². The minimum atomic E-state index is -0.732. The molecule has 4 aromatic carbocycles. The number of benzene rings is 4. The van der Waals surface area contributed by atoms with Crippen molar-refractivity contribution in [3.05, 3.63) is 161 Å². The van der Waals surface area contributed by atoms with Crippen molar-refractivity contribution in [3.63, 3.8) is 0 Å². The molecule has 14 nitrogen and oxygen atoms in total. The van der Waals surface area contributed by atoms with E-state index in [1.165, 1.54) is 14.2 Å². The summed E-state index contributed by atoms with van der Waals surface area (Å²) < 4.78 is 34.7. The molecule has 0 radical (unpaired) electrons. The molecule has 0 fully saturated rings. The van der Waals surface area contributed by atoms with Gasteiger partial charge in [0.1, 0.15) is 28.6 Å². The number of carbonyl (C=O) groups is 2. The minimum absolute atomic E-state index is 0.0761. The molecule has 2 unspecified atom stereocenters. The molecule has 3 aliphatic heterocycles. The Morgan fingerprint density at radius 1 is 0.479 bits per heavy atom. The molecule has 2 N–H and O–H groups in total. The second-order valence-electron chi connectivity index (χ2n) is 17.3. The molecule has 0 spiro atoms. The van der Waals surface area contributed by atoms with E-state index < -0.39 is 11.9 Å². The van der Waals surface area contributed by atoms with Gasteiger partial charge in [0.15, 0.2) is 5.69 Å². The molecule has 0 aliphatic carbocycles. The molecular formula is C57H48N6O8. The molecule has 4 aromatic heterocycles. The number of fused-ring (bicyclic) bond motifs is 12. The summed E-state index contributed by atoms with van der Waals surface area (Å²) in [6.45, 7) is 0.279. The molecule has 11 rings (SSSR count). The fourth-order valence-corrected chi connectivity index (χ4v) is 10.2. The second kappa shape index (κ2) is 18.2. The van der Waals surface area contributed by atoms with Gasteiger partial charge in [0.05, 0.1) is 77.7 Å². The summed E-state index contributed by atoms with van der Waals surface area (Å²) in [5.74, 6) is 0.799. The van der Waals surface area contributed by atoms with E-state index in [2.05, 4.69) is 46.4 Å². The topological polar surface area (TPSA) is 165 Å². The summed E-state index contributed by atoms with van der Waals surface area (Å²) in [5, 5.41) is 4.77. The van der Waals surface area contributed by atoms with Crippen LogP contribution in [0.15, 0.2) is 121 Å². The van der Waals surface area contributed by atoms with Crippen molar-refractivity contribution in [2.24, 2.45) is 0 Å². The molecule has 3 aliphatic rings. The fourth-order valence-electron chi connectivity index (χ4n) is 10.2. The zero-order valence-electron chi connectivity index (χ0n) is 39.8. The van der Waals surface area contributed by atoms with E-state index in [-0.39, 0.29) is 29.6 Å². The standard InChI is InChI=1S/C57H48N6O8/c1-66-35-15-7-31(8-16-35)48-41-23-24-42(58-41)49(32-9-17-36(67-2)18-10-32)44-26-28-46(60-44)51(34-13-21-38(69-4)22-14-34)54-40-30-63-47(52(56(64)70-5)55(62-63)57(65)71-6)29-39(40)53(61-54)50(45-27-25-43(48)59-45)33-11-19-37(68-3)20-12-33/h7-28,39-40,59-60H,29-30H2,1-6H3. The van der Waals surface area contributed by atoms with Crippen LogP contribution in [0.25, 0.3) is 78.7 Å². The Bertz CT molecular complexity index is 3590. The van der Waals surface area contributed by atoms with Gasteiger partial charge in [0, 0.05) is 56.2 Å². The fraction of sp³-hybridized carbons (Fsp3) is 0.175. The van der Waals surface area contributed by atoms with Crippen LogP contribution in [0.2, 0.25) is 0 Å². The quantitative estimate of drug-likeness (QED) is 0.125. The van der Waals surface area contributed by atoms with Gasteiger partial charge in [-0.25, -0.2) is 14.6 Å². The maximum atomic E-state index is 13.7. The van der Waals surface area contributed by atoms with E-state index in [1.54, 1.807) is 33.1 Å². The summed E-state index contributed by atoms with van der Waals surface area (Å²) >= 11 is 0. The molecule has 0 amide bonds. The molecule has 354 valence electrons. The van der Waals surface area contributed by atoms with Crippen LogP contribution in [0.5, 0.6) is 23.0 Å². The monoisotopic (exact) mass is 944 g/mol. The molecule has 0 saturated carbocycles. The Hall–Kier alpha value is -8.91. The summed E-state index contributed by atoms with van der Waals surface area (Å²) in [6.07, 6.45) is 4.41. The van der Waals surface area contributed by atoms with Crippen molar-refractivity contribution in [2.45, 2.75) is 24.8 Å². The largest absolute Gasteiger partial charge is 0.497 e. The molecular weight excluding hydrogens is 897 g/mol. The van der Waals surface area contributed by atoms with Crippen molar-refractivity contribution in [2.75, 3.05) is 42.7 Å². The normalized spacial score (nSPS) is 14.6. The Morgan fingerprint density at radius 2 is 0.859 bits per heavy atom. The molecule has 14 heteroatoms. The molecule has 8 aromatic rings. The van der Waals surface area contributed by atoms with Gasteiger partial charge in [0.25, 0.3) is 0 Å². The van der Waals surface area contributed by atoms with E-state index in [4.69, 9.17) is 43.5 Å². The van der Waals surface area contributed by atoms with Crippen molar-refractivity contribution in [3.8, 4) is 67.5 Å². The number of rotatable bonds is 10. The van der Waals surface area contributed by atoms with Crippen LogP contribution in [0.3, 0.4) is 0 Å². The lowest BCUT2D eigenvalue weighted by Gasteiger charge is -2.28. The highest BCUT2D eigenvalue weighted by atomic mass is 16.5. The minimum Gasteiger partial charge on any atom is -0.497 e. The molecule has 0 saturated heterocycles.